The molecule has 3 unspecified atom stereocenters. The van der Waals surface area contributed by atoms with Gasteiger partial charge in [0.15, 0.2) is 18.4 Å². The molecule has 5 heterocycles. The van der Waals surface area contributed by atoms with Gasteiger partial charge < -0.3 is 116 Å². The largest absolute Gasteiger partial charge is 0.462 e. The van der Waals surface area contributed by atoms with Gasteiger partial charge in [-0.2, -0.15) is 0 Å². The lowest BCUT2D eigenvalue weighted by atomic mass is 9.87. The van der Waals surface area contributed by atoms with Crippen LogP contribution >= 0.6 is 0 Å². The van der Waals surface area contributed by atoms with E-state index in [1.807, 2.05) is 13.0 Å². The summed E-state index contributed by atoms with van der Waals surface area (Å²) in [6.45, 7) is 5.88. The van der Waals surface area contributed by atoms with E-state index in [-0.39, 0.29) is 44.7 Å². The van der Waals surface area contributed by atoms with Gasteiger partial charge in [0.05, 0.1) is 111 Å². The minimum absolute atomic E-state index is 0.0831. The number of nitrogens with two attached hydrogens (primary N) is 1. The molecule has 4 fully saturated rings. The second kappa shape index (κ2) is 32.4. The van der Waals surface area contributed by atoms with Gasteiger partial charge in [-0.15, -0.1) is 0 Å². The molecule has 460 valence electrons. The number of carbonyl (C=O) groups excluding carboxylic acids is 2. The minimum Gasteiger partial charge on any atom is -0.462 e. The number of likely N-dealkylation sites (tertiary alicyclic amines) is 1. The van der Waals surface area contributed by atoms with Gasteiger partial charge in [0.1, 0.15) is 36.6 Å². The molecular weight excluding hydrogens is 1070 g/mol. The summed E-state index contributed by atoms with van der Waals surface area (Å²) in [4.78, 5) is 27.9. The molecule has 0 saturated carbocycles. The van der Waals surface area contributed by atoms with Crippen LogP contribution in [0, 0.1) is 11.8 Å². The van der Waals surface area contributed by atoms with Crippen LogP contribution in [0.3, 0.4) is 0 Å². The highest BCUT2D eigenvalue weighted by Gasteiger charge is 2.51. The maximum absolute atomic E-state index is 13.9. The van der Waals surface area contributed by atoms with Gasteiger partial charge in [-0.25, -0.2) is 4.79 Å². The fourth-order valence-corrected chi connectivity index (χ4v) is 10.1. The molecule has 17 N–H and O–H groups in total. The first-order chi connectivity index (χ1) is 38.3. The lowest BCUT2D eigenvalue weighted by Crippen LogP contribution is -2.67. The van der Waals surface area contributed by atoms with Crippen LogP contribution in [0.25, 0.3) is 0 Å². The standard InChI is InChI=1S/C56H89N3O22/c1-30-17-15-13-11-9-7-5-6-8-10-12-14-16-18-37(78-53-50(71)45(57)48(69)33(4)77-53)24-42-46(58-55(74)59-27-38(28-59)79-54-52(73)51(72)49(70)43(29-60)80-54)41(66)26-56(75,81-42)25-36(63)22-40(65)39(64)20-19-34(61)21-35(62)23-44(67)76-32(3)31(2)47(30)68/h5-18,30-43,45-54,60-66,68-73,75H,19-29,57H2,1-4H3,(H,58,74)/b6-5+,9-7+,10-8+,13-11+,14-12+,17-15+,18-16+/t30-,31-,32-,33+,34+,35+,36-,37-,39+,40+,41-,42-,43?,45-,46+,47+,48+,49+,50-,51?,52?,53-,54-,56+/m0/s1. The highest BCUT2D eigenvalue weighted by molar-refractivity contribution is 5.75. The summed E-state index contributed by atoms with van der Waals surface area (Å²) in [5.41, 5.74) is 6.14. The molecule has 0 spiro atoms. The molecule has 4 saturated heterocycles. The van der Waals surface area contributed by atoms with Gasteiger partial charge in [-0.3, -0.25) is 4.79 Å². The van der Waals surface area contributed by atoms with E-state index >= 15 is 0 Å². The Kier molecular flexibility index (Phi) is 27.2. The van der Waals surface area contributed by atoms with Gasteiger partial charge >= 0.3 is 12.0 Å². The van der Waals surface area contributed by atoms with Crippen molar-refractivity contribution in [3.8, 4) is 0 Å². The highest BCUT2D eigenvalue weighted by Crippen LogP contribution is 2.36. The van der Waals surface area contributed by atoms with Crippen LogP contribution in [0.2, 0.25) is 0 Å². The molecule has 5 aliphatic rings. The summed E-state index contributed by atoms with van der Waals surface area (Å²) < 4.78 is 35.1. The van der Waals surface area contributed by atoms with Crippen LogP contribution in [-0.2, 0) is 33.2 Å². The Morgan fingerprint density at radius 1 is 0.642 bits per heavy atom. The Balaban J connectivity index is 1.37. The highest BCUT2D eigenvalue weighted by atomic mass is 16.7. The number of hydrogen-bond acceptors (Lipinski definition) is 23. The number of carbonyl (C=O) groups is 2. The number of nitrogens with zero attached hydrogens (tertiary/aromatic N) is 1. The summed E-state index contributed by atoms with van der Waals surface area (Å²) in [5, 5.41) is 154. The van der Waals surface area contributed by atoms with Crippen molar-refractivity contribution in [2.75, 3.05) is 19.7 Å². The summed E-state index contributed by atoms with van der Waals surface area (Å²) in [6, 6.07) is -3.24. The van der Waals surface area contributed by atoms with Gasteiger partial charge in [-0.1, -0.05) is 98.9 Å². The van der Waals surface area contributed by atoms with E-state index in [9.17, 15) is 81.1 Å². The number of esters is 1. The zero-order valence-corrected chi connectivity index (χ0v) is 46.3. The number of allylic oxidation sites excluding steroid dienone is 12. The SMILES string of the molecule is C[C@@H]1[C@H](O)[C@@H](C)/C=C/C=C/C=C/C=C/C=C/C=C/C=C/[C@H](O[C@@H]2O[C@H](C)[C@@H](O)[C@H](N)[C@@H]2O)C[C@@H]2O[C@](O)(C[C@@H](O)C[C@@H](O)[C@H](O)CC[C@@H](O)C[C@@H](O)CC(=O)O[C@H]1C)C[C@H](O)[C@H]2NC(=O)N1CC(O[C@H]2OC(CO)[C@@H](O)C(O)C2O)C1. The number of nitrogens with one attached hydrogen (secondary N) is 1. The van der Waals surface area contributed by atoms with Gasteiger partial charge in [-0.05, 0) is 33.1 Å². The van der Waals surface area contributed by atoms with Crippen LogP contribution in [0.4, 0.5) is 4.79 Å². The molecule has 25 heteroatoms. The average Bonchev–Trinajstić information content (AvgIpc) is 3.44. The number of rotatable bonds is 6. The third-order valence-electron chi connectivity index (χ3n) is 15.3. The maximum atomic E-state index is 13.9. The van der Waals surface area contributed by atoms with Crippen LogP contribution < -0.4 is 11.1 Å². The number of urea groups is 1. The molecule has 5 rings (SSSR count). The zero-order valence-electron chi connectivity index (χ0n) is 46.3. The lowest BCUT2D eigenvalue weighted by molar-refractivity contribution is -0.317. The molecule has 0 aromatic heterocycles. The van der Waals surface area contributed by atoms with E-state index < -0.39 is 191 Å². The monoisotopic (exact) mass is 1160 g/mol. The van der Waals surface area contributed by atoms with Crippen molar-refractivity contribution >= 4 is 12.0 Å². The molecule has 24 atom stereocenters. The summed E-state index contributed by atoms with van der Waals surface area (Å²) in [7, 11) is 0. The smallest absolute Gasteiger partial charge is 0.317 e. The fourth-order valence-electron chi connectivity index (χ4n) is 10.1. The molecule has 0 radical (unpaired) electrons. The predicted octanol–water partition coefficient (Wildman–Crippen LogP) is -2.41. The Morgan fingerprint density at radius 3 is 1.85 bits per heavy atom. The second-order valence-corrected chi connectivity index (χ2v) is 22.0. The number of amides is 2. The van der Waals surface area contributed by atoms with E-state index in [0.29, 0.717) is 0 Å². The Bertz CT molecular complexity index is 2140. The van der Waals surface area contributed by atoms with Crippen LogP contribution in [0.15, 0.2) is 85.1 Å². The van der Waals surface area contributed by atoms with E-state index in [1.54, 1.807) is 92.8 Å². The molecule has 5 aliphatic heterocycles. The number of hydrogen-bond donors (Lipinski definition) is 16. The van der Waals surface area contributed by atoms with Crippen molar-refractivity contribution in [2.45, 2.75) is 219 Å². The molecule has 0 aromatic carbocycles. The van der Waals surface area contributed by atoms with E-state index in [2.05, 4.69) is 5.32 Å². The molecule has 2 amide bonds. The Labute approximate surface area is 472 Å². The maximum Gasteiger partial charge on any atom is 0.317 e. The van der Waals surface area contributed by atoms with Gasteiger partial charge in [0, 0.05) is 37.5 Å². The molecule has 0 aliphatic carbocycles. The third-order valence-corrected chi connectivity index (χ3v) is 15.3. The third kappa shape index (κ3) is 20.4. The van der Waals surface area contributed by atoms with Crippen molar-refractivity contribution in [2.24, 2.45) is 17.6 Å². The first-order valence-corrected chi connectivity index (χ1v) is 27.8. The van der Waals surface area contributed by atoms with Crippen LogP contribution in [0.5, 0.6) is 0 Å². The van der Waals surface area contributed by atoms with Crippen molar-refractivity contribution in [3.05, 3.63) is 85.1 Å². The van der Waals surface area contributed by atoms with Crippen molar-refractivity contribution in [3.63, 3.8) is 0 Å². The Hall–Kier alpha value is -3.88. The number of aliphatic hydroxyl groups excluding tert-OH is 13. The number of ether oxygens (including phenoxy) is 6. The van der Waals surface area contributed by atoms with Crippen molar-refractivity contribution in [1.82, 2.24) is 10.2 Å². The summed E-state index contributed by atoms with van der Waals surface area (Å²) >= 11 is 0. The lowest BCUT2D eigenvalue weighted by Gasteiger charge is -2.48. The quantitative estimate of drug-likeness (QED) is 0.123. The van der Waals surface area contributed by atoms with Crippen molar-refractivity contribution in [1.29, 1.82) is 0 Å². The molecule has 81 heavy (non-hydrogen) atoms. The fraction of sp³-hybridized carbons (Fsp3) is 0.714. The first kappa shape index (κ1) is 67.9. The van der Waals surface area contributed by atoms with E-state index in [1.165, 1.54) is 11.8 Å². The topological polar surface area (TPSA) is 414 Å². The molecule has 25 nitrogen and oxygen atoms in total. The molecular formula is C56H89N3O22. The van der Waals surface area contributed by atoms with Gasteiger partial charge in [0.25, 0.3) is 0 Å². The molecule has 0 aromatic rings. The minimum atomic E-state index is -2.36. The number of cyclic esters (lactones) is 1. The Morgan fingerprint density at radius 2 is 1.23 bits per heavy atom. The van der Waals surface area contributed by atoms with Crippen LogP contribution in [-0.4, -0.2) is 248 Å². The number of fused-ring (bicyclic) bond motifs is 2. The average molecular weight is 1160 g/mol. The summed E-state index contributed by atoms with van der Waals surface area (Å²) in [6.07, 6.45) is -5.25. The zero-order chi connectivity index (χ0) is 59.7. The van der Waals surface area contributed by atoms with E-state index in [0.717, 1.165) is 0 Å². The summed E-state index contributed by atoms with van der Waals surface area (Å²) in [5.74, 6) is -3.88. The van der Waals surface area contributed by atoms with Crippen LogP contribution in [0.1, 0.15) is 79.1 Å². The second-order valence-electron chi connectivity index (χ2n) is 22.0. The van der Waals surface area contributed by atoms with Gasteiger partial charge in [0.2, 0.25) is 0 Å². The normalized spacial score (nSPS) is 45.7. The van der Waals surface area contributed by atoms with Crippen molar-refractivity contribution < 1.29 is 110 Å². The number of aliphatic hydroxyl groups is 14. The first-order valence-electron chi connectivity index (χ1n) is 27.8. The molecule has 2 bridgehead atoms. The van der Waals surface area contributed by atoms with E-state index in [4.69, 9.17) is 34.2 Å². The predicted molar refractivity (Wildman–Crippen MR) is 288 cm³/mol.